The van der Waals surface area contributed by atoms with Gasteiger partial charge < -0.3 is 20.1 Å². The smallest absolute Gasteiger partial charge is 0.405 e. The second-order valence-corrected chi connectivity index (χ2v) is 3.87. The Morgan fingerprint density at radius 2 is 2.10 bits per heavy atom. The molecule has 0 bridgehead atoms. The van der Waals surface area contributed by atoms with Gasteiger partial charge in [-0.3, -0.25) is 0 Å². The molecule has 114 valence electrons. The molecule has 0 aromatic carbocycles. The summed E-state index contributed by atoms with van der Waals surface area (Å²) in [5, 5.41) is 11.8. The number of halogens is 3. The van der Waals surface area contributed by atoms with Crippen molar-refractivity contribution in [3.05, 3.63) is 6.33 Å². The first-order valence-electron chi connectivity index (χ1n) is 5.98. The van der Waals surface area contributed by atoms with Gasteiger partial charge in [0.05, 0.1) is 13.7 Å². The van der Waals surface area contributed by atoms with Crippen LogP contribution in [0.1, 0.15) is 6.92 Å². The van der Waals surface area contributed by atoms with E-state index in [1.54, 1.807) is 0 Å². The van der Waals surface area contributed by atoms with Gasteiger partial charge in [-0.05, 0) is 6.92 Å². The molecule has 6 nitrogen and oxygen atoms in total. The number of aromatic nitrogens is 2. The number of hydrogen-bond donors (Lipinski definition) is 2. The Labute approximate surface area is 114 Å². The van der Waals surface area contributed by atoms with Crippen molar-refractivity contribution in [2.45, 2.75) is 13.1 Å². The summed E-state index contributed by atoms with van der Waals surface area (Å²) >= 11 is 0. The maximum absolute atomic E-state index is 12.6. The van der Waals surface area contributed by atoms with Crippen molar-refractivity contribution in [3.63, 3.8) is 0 Å². The predicted molar refractivity (Wildman–Crippen MR) is 68.1 cm³/mol. The van der Waals surface area contributed by atoms with Crippen LogP contribution in [0, 0.1) is 0 Å². The van der Waals surface area contributed by atoms with Crippen molar-refractivity contribution in [2.24, 2.45) is 0 Å². The van der Waals surface area contributed by atoms with Crippen LogP contribution in [0.5, 0.6) is 5.75 Å². The normalized spacial score (nSPS) is 11.3. The average Bonchev–Trinajstić information content (AvgIpc) is 2.37. The van der Waals surface area contributed by atoms with Gasteiger partial charge >= 0.3 is 6.18 Å². The van der Waals surface area contributed by atoms with Gasteiger partial charge in [0, 0.05) is 13.1 Å². The molecule has 1 heterocycles. The topological polar surface area (TPSA) is 70.5 Å². The van der Waals surface area contributed by atoms with Gasteiger partial charge in [0.2, 0.25) is 5.75 Å². The van der Waals surface area contributed by atoms with E-state index < -0.39 is 19.3 Å². The van der Waals surface area contributed by atoms with Crippen LogP contribution in [0.3, 0.4) is 0 Å². The van der Waals surface area contributed by atoms with Gasteiger partial charge in [-0.2, -0.15) is 13.2 Å². The summed E-state index contributed by atoms with van der Waals surface area (Å²) in [5.41, 5.74) is 0. The third-order valence-corrected chi connectivity index (χ3v) is 2.37. The van der Waals surface area contributed by atoms with Crippen molar-refractivity contribution in [1.82, 2.24) is 9.97 Å². The highest BCUT2D eigenvalue weighted by atomic mass is 19.4. The SMILES string of the molecule is CCNc1ncnc(N(CCO)CC(F)(F)F)c1OC. The third-order valence-electron chi connectivity index (χ3n) is 2.37. The van der Waals surface area contributed by atoms with Crippen LogP contribution in [0.25, 0.3) is 0 Å². The Kier molecular flexibility index (Phi) is 5.81. The molecule has 1 aromatic heterocycles. The molecule has 0 aliphatic heterocycles. The van der Waals surface area contributed by atoms with Crippen molar-refractivity contribution >= 4 is 11.6 Å². The van der Waals surface area contributed by atoms with Crippen LogP contribution >= 0.6 is 0 Å². The average molecular weight is 294 g/mol. The number of anilines is 2. The van der Waals surface area contributed by atoms with Crippen LogP contribution in [0.15, 0.2) is 6.33 Å². The van der Waals surface area contributed by atoms with E-state index in [4.69, 9.17) is 9.84 Å². The third kappa shape index (κ3) is 4.41. The van der Waals surface area contributed by atoms with Gasteiger partial charge in [0.15, 0.2) is 11.6 Å². The number of rotatable bonds is 7. The molecule has 1 rings (SSSR count). The highest BCUT2D eigenvalue weighted by molar-refractivity contribution is 5.64. The molecule has 0 atom stereocenters. The van der Waals surface area contributed by atoms with Crippen LogP contribution < -0.4 is 15.0 Å². The van der Waals surface area contributed by atoms with E-state index in [2.05, 4.69) is 15.3 Å². The Bertz CT molecular complexity index is 429. The van der Waals surface area contributed by atoms with E-state index in [1.807, 2.05) is 6.92 Å². The number of aliphatic hydroxyl groups excluding tert-OH is 1. The Morgan fingerprint density at radius 3 is 2.60 bits per heavy atom. The van der Waals surface area contributed by atoms with Crippen molar-refractivity contribution in [2.75, 3.05) is 43.6 Å². The summed E-state index contributed by atoms with van der Waals surface area (Å²) in [4.78, 5) is 8.66. The molecule has 0 amide bonds. The lowest BCUT2D eigenvalue weighted by Crippen LogP contribution is -2.37. The fourth-order valence-electron chi connectivity index (χ4n) is 1.67. The number of nitrogens with one attached hydrogen (secondary N) is 1. The molecular formula is C11H17F3N4O2. The standard InChI is InChI=1S/C11H17F3N4O2/c1-3-15-9-8(20-2)10(17-7-16-9)18(4-5-19)6-11(12,13)14/h7,19H,3-6H2,1-2H3,(H,15,16,17). The molecule has 0 radical (unpaired) electrons. The molecule has 0 aliphatic rings. The van der Waals surface area contributed by atoms with E-state index >= 15 is 0 Å². The summed E-state index contributed by atoms with van der Waals surface area (Å²) in [5.74, 6) is 0.419. The number of methoxy groups -OCH3 is 1. The minimum Gasteiger partial charge on any atom is -0.490 e. The van der Waals surface area contributed by atoms with Gasteiger partial charge in [0.25, 0.3) is 0 Å². The maximum Gasteiger partial charge on any atom is 0.405 e. The zero-order valence-electron chi connectivity index (χ0n) is 11.2. The molecular weight excluding hydrogens is 277 g/mol. The van der Waals surface area contributed by atoms with E-state index in [0.717, 1.165) is 11.2 Å². The number of hydrogen-bond acceptors (Lipinski definition) is 6. The molecule has 2 N–H and O–H groups in total. The van der Waals surface area contributed by atoms with E-state index in [-0.39, 0.29) is 18.1 Å². The van der Waals surface area contributed by atoms with Crippen molar-refractivity contribution < 1.29 is 23.0 Å². The van der Waals surface area contributed by atoms with Gasteiger partial charge in [-0.15, -0.1) is 0 Å². The molecule has 0 saturated heterocycles. The highest BCUT2D eigenvalue weighted by Gasteiger charge is 2.32. The molecule has 0 aliphatic carbocycles. The van der Waals surface area contributed by atoms with Gasteiger partial charge in [-0.1, -0.05) is 0 Å². The molecule has 0 fully saturated rings. The predicted octanol–water partition coefficient (Wildman–Crippen LogP) is 1.28. The fraction of sp³-hybridized carbons (Fsp3) is 0.636. The van der Waals surface area contributed by atoms with Crippen LogP contribution in [0.4, 0.5) is 24.8 Å². The molecule has 1 aromatic rings. The Balaban J connectivity index is 3.14. The minimum absolute atomic E-state index is 0.00942. The van der Waals surface area contributed by atoms with Gasteiger partial charge in [-0.25, -0.2) is 9.97 Å². The lowest BCUT2D eigenvalue weighted by molar-refractivity contribution is -0.120. The molecule has 0 saturated carbocycles. The maximum atomic E-state index is 12.6. The Hall–Kier alpha value is -1.77. The monoisotopic (exact) mass is 294 g/mol. The van der Waals surface area contributed by atoms with Crippen LogP contribution in [-0.4, -0.2) is 54.6 Å². The number of nitrogens with zero attached hydrogens (tertiary/aromatic N) is 3. The van der Waals surface area contributed by atoms with E-state index in [1.165, 1.54) is 7.11 Å². The van der Waals surface area contributed by atoms with Crippen molar-refractivity contribution in [1.29, 1.82) is 0 Å². The summed E-state index contributed by atoms with van der Waals surface area (Å²) in [7, 11) is 1.33. The fourth-order valence-corrected chi connectivity index (χ4v) is 1.67. The summed E-state index contributed by atoms with van der Waals surface area (Å²) in [6.07, 6.45) is -3.26. The Morgan fingerprint density at radius 1 is 1.40 bits per heavy atom. The highest BCUT2D eigenvalue weighted by Crippen LogP contribution is 2.33. The minimum atomic E-state index is -4.41. The molecule has 0 spiro atoms. The second kappa shape index (κ2) is 7.13. The molecule has 20 heavy (non-hydrogen) atoms. The zero-order valence-corrected chi connectivity index (χ0v) is 11.2. The number of ether oxygens (including phenoxy) is 1. The summed E-state index contributed by atoms with van der Waals surface area (Å²) in [6.45, 7) is 0.485. The quantitative estimate of drug-likeness (QED) is 0.789. The lowest BCUT2D eigenvalue weighted by Gasteiger charge is -2.26. The van der Waals surface area contributed by atoms with Crippen LogP contribution in [0.2, 0.25) is 0 Å². The van der Waals surface area contributed by atoms with Gasteiger partial charge in [0.1, 0.15) is 12.9 Å². The largest absolute Gasteiger partial charge is 0.490 e. The van der Waals surface area contributed by atoms with E-state index in [9.17, 15) is 13.2 Å². The first kappa shape index (κ1) is 16.3. The second-order valence-electron chi connectivity index (χ2n) is 3.87. The first-order valence-corrected chi connectivity index (χ1v) is 5.98. The summed E-state index contributed by atoms with van der Waals surface area (Å²) < 4.78 is 42.8. The zero-order chi connectivity index (χ0) is 15.2. The number of aliphatic hydroxyl groups is 1. The first-order chi connectivity index (χ1) is 9.42. The molecule has 0 unspecified atom stereocenters. The summed E-state index contributed by atoms with van der Waals surface area (Å²) in [6, 6.07) is 0. The molecule has 9 heteroatoms. The lowest BCUT2D eigenvalue weighted by atomic mass is 10.3. The van der Waals surface area contributed by atoms with Crippen molar-refractivity contribution in [3.8, 4) is 5.75 Å². The van der Waals surface area contributed by atoms with Crippen LogP contribution in [-0.2, 0) is 0 Å². The van der Waals surface area contributed by atoms with E-state index in [0.29, 0.717) is 12.4 Å². The number of alkyl halides is 3.